The number of piperidine rings is 1. The molecule has 7 nitrogen and oxygen atoms in total. The van der Waals surface area contributed by atoms with Crippen LogP contribution in [0.1, 0.15) is 6.42 Å². The standard InChI is InChI=1S/C6H10N4O3/c7-9-8-4-3-10(6(12)13)2-1-5(4)11/h4-5,7,11H,1-3H2/p+1. The van der Waals surface area contributed by atoms with Gasteiger partial charge in [-0.05, 0) is 6.42 Å². The van der Waals surface area contributed by atoms with Gasteiger partial charge < -0.3 is 15.1 Å². The summed E-state index contributed by atoms with van der Waals surface area (Å²) in [6.45, 7) is 0.416. The summed E-state index contributed by atoms with van der Waals surface area (Å²) in [6, 6.07) is -0.595. The molecule has 0 aromatic rings. The first-order valence-electron chi connectivity index (χ1n) is 3.87. The van der Waals surface area contributed by atoms with Gasteiger partial charge in [-0.2, -0.15) is 0 Å². The van der Waals surface area contributed by atoms with Crippen molar-refractivity contribution < 1.29 is 15.0 Å². The van der Waals surface area contributed by atoms with Crippen molar-refractivity contribution in [1.29, 1.82) is 5.53 Å². The zero-order chi connectivity index (χ0) is 9.84. The Bertz CT molecular complexity index is 250. The highest BCUT2D eigenvalue weighted by atomic mass is 16.4. The summed E-state index contributed by atoms with van der Waals surface area (Å²) in [6.07, 6.45) is -1.38. The van der Waals surface area contributed by atoms with E-state index in [4.69, 9.17) is 10.6 Å². The molecule has 0 radical (unpaired) electrons. The Morgan fingerprint density at radius 2 is 2.38 bits per heavy atom. The maximum atomic E-state index is 10.5. The lowest BCUT2D eigenvalue weighted by molar-refractivity contribution is 0.0587. The summed E-state index contributed by atoms with van der Waals surface area (Å²) >= 11 is 0. The minimum Gasteiger partial charge on any atom is -0.465 e. The van der Waals surface area contributed by atoms with Crippen LogP contribution >= 0.6 is 0 Å². The van der Waals surface area contributed by atoms with Crippen molar-refractivity contribution in [3.63, 3.8) is 0 Å². The van der Waals surface area contributed by atoms with Crippen molar-refractivity contribution in [2.45, 2.75) is 18.6 Å². The van der Waals surface area contributed by atoms with Crippen molar-refractivity contribution in [3.8, 4) is 0 Å². The van der Waals surface area contributed by atoms with Crippen molar-refractivity contribution in [2.24, 2.45) is 5.11 Å². The normalized spacial score (nSPS) is 27.9. The summed E-state index contributed by atoms with van der Waals surface area (Å²) in [5.74, 6) is 0. The van der Waals surface area contributed by atoms with Gasteiger partial charge in [-0.25, -0.2) is 4.79 Å². The number of rotatable bonds is 1. The van der Waals surface area contributed by atoms with Crippen LogP contribution in [0.4, 0.5) is 4.79 Å². The Morgan fingerprint density at radius 3 is 2.92 bits per heavy atom. The van der Waals surface area contributed by atoms with E-state index in [2.05, 4.69) is 10.0 Å². The number of amides is 1. The van der Waals surface area contributed by atoms with Gasteiger partial charge in [-0.1, -0.05) is 0 Å². The van der Waals surface area contributed by atoms with Gasteiger partial charge in [0.2, 0.25) is 4.91 Å². The maximum Gasteiger partial charge on any atom is 0.407 e. The lowest BCUT2D eigenvalue weighted by atomic mass is 10.0. The molecule has 3 N–H and O–H groups in total. The maximum absolute atomic E-state index is 10.5. The van der Waals surface area contributed by atoms with E-state index in [-0.39, 0.29) is 6.54 Å². The second kappa shape index (κ2) is 3.97. The molecule has 1 fully saturated rings. The molecule has 2 atom stereocenters. The van der Waals surface area contributed by atoms with E-state index < -0.39 is 18.2 Å². The molecule has 1 aliphatic rings. The van der Waals surface area contributed by atoms with Gasteiger partial charge in [0.1, 0.15) is 10.6 Å². The smallest absolute Gasteiger partial charge is 0.407 e. The predicted molar refractivity (Wildman–Crippen MR) is 41.3 cm³/mol. The predicted octanol–water partition coefficient (Wildman–Crippen LogP) is -0.350. The number of carboxylic acid groups (broad SMARTS) is 1. The van der Waals surface area contributed by atoms with Crippen molar-refractivity contribution in [2.75, 3.05) is 13.1 Å². The van der Waals surface area contributed by atoms with Gasteiger partial charge in [0.05, 0.1) is 12.6 Å². The second-order valence-corrected chi connectivity index (χ2v) is 2.87. The first-order chi connectivity index (χ1) is 6.15. The van der Waals surface area contributed by atoms with Crippen LogP contribution in [-0.4, -0.2) is 46.4 Å². The third kappa shape index (κ3) is 2.24. The molecule has 1 amide bonds. The molecule has 1 saturated heterocycles. The minimum absolute atomic E-state index is 0.110. The van der Waals surface area contributed by atoms with Crippen LogP contribution in [0.15, 0.2) is 5.11 Å². The topological polar surface area (TPSA) is 111 Å². The van der Waals surface area contributed by atoms with Crippen molar-refractivity contribution in [3.05, 3.63) is 0 Å². The molecule has 13 heavy (non-hydrogen) atoms. The average molecular weight is 187 g/mol. The Morgan fingerprint density at radius 1 is 1.69 bits per heavy atom. The van der Waals surface area contributed by atoms with Gasteiger partial charge in [0.25, 0.3) is 0 Å². The minimum atomic E-state index is -1.03. The summed E-state index contributed by atoms with van der Waals surface area (Å²) in [7, 11) is 0. The average Bonchev–Trinajstić information content (AvgIpc) is 2.08. The summed E-state index contributed by atoms with van der Waals surface area (Å²) < 4.78 is 0. The summed E-state index contributed by atoms with van der Waals surface area (Å²) in [5, 5.41) is 21.4. The van der Waals surface area contributed by atoms with Gasteiger partial charge in [0, 0.05) is 6.54 Å². The molecule has 1 rings (SSSR count). The molecular weight excluding hydrogens is 176 g/mol. The van der Waals surface area contributed by atoms with E-state index in [1.807, 2.05) is 0 Å². The van der Waals surface area contributed by atoms with Crippen LogP contribution in [0, 0.1) is 5.53 Å². The highest BCUT2D eigenvalue weighted by Crippen LogP contribution is 2.13. The lowest BCUT2D eigenvalue weighted by Crippen LogP contribution is -2.47. The fraction of sp³-hybridized carbons (Fsp3) is 0.833. The van der Waals surface area contributed by atoms with E-state index in [1.165, 1.54) is 0 Å². The van der Waals surface area contributed by atoms with Gasteiger partial charge in [-0.3, -0.25) is 0 Å². The number of hydrogen-bond acceptors (Lipinski definition) is 4. The number of nitrogens with zero attached hydrogens (tertiary/aromatic N) is 3. The lowest BCUT2D eigenvalue weighted by Gasteiger charge is -2.28. The van der Waals surface area contributed by atoms with Crippen molar-refractivity contribution >= 4 is 6.09 Å². The van der Waals surface area contributed by atoms with Gasteiger partial charge in [0.15, 0.2) is 6.04 Å². The third-order valence-electron chi connectivity index (χ3n) is 2.02. The summed E-state index contributed by atoms with van der Waals surface area (Å²) in [4.78, 5) is 14.5. The molecule has 1 aliphatic heterocycles. The van der Waals surface area contributed by atoms with Crippen LogP contribution < -0.4 is 4.91 Å². The fourth-order valence-electron chi connectivity index (χ4n) is 1.28. The number of nitrogens with one attached hydrogen (secondary N) is 1. The number of hydrogen-bond donors (Lipinski definition) is 3. The van der Waals surface area contributed by atoms with E-state index >= 15 is 0 Å². The molecule has 2 unspecified atom stereocenters. The zero-order valence-electron chi connectivity index (χ0n) is 6.92. The van der Waals surface area contributed by atoms with E-state index in [1.54, 1.807) is 0 Å². The van der Waals surface area contributed by atoms with E-state index in [0.29, 0.717) is 13.0 Å². The number of aliphatic hydroxyl groups is 1. The van der Waals surface area contributed by atoms with Crippen LogP contribution in [0.25, 0.3) is 0 Å². The molecule has 1 heterocycles. The SMILES string of the molecule is N=[N+]=NC1CN(C(=O)O)CCC1O. The van der Waals surface area contributed by atoms with Crippen LogP contribution in [0.3, 0.4) is 0 Å². The Hall–Kier alpha value is -1.46. The van der Waals surface area contributed by atoms with Gasteiger partial charge >= 0.3 is 6.09 Å². The highest BCUT2D eigenvalue weighted by Gasteiger charge is 2.33. The first-order valence-corrected chi connectivity index (χ1v) is 3.87. The molecule has 0 saturated carbocycles. The Labute approximate surface area is 74.2 Å². The molecule has 0 bridgehead atoms. The molecular formula is C6H11N4O3+. The Balaban J connectivity index is 2.62. The summed E-state index contributed by atoms with van der Waals surface area (Å²) in [5.41, 5.74) is 6.48. The fourth-order valence-corrected chi connectivity index (χ4v) is 1.28. The van der Waals surface area contributed by atoms with Crippen LogP contribution in [-0.2, 0) is 0 Å². The van der Waals surface area contributed by atoms with Crippen LogP contribution in [0.5, 0.6) is 0 Å². The number of likely N-dealkylation sites (tertiary alicyclic amines) is 1. The molecule has 7 heteroatoms. The molecule has 0 aliphatic carbocycles. The first kappa shape index (κ1) is 9.63. The number of carbonyl (C=O) groups is 1. The Kier molecular flexibility index (Phi) is 2.94. The molecule has 0 spiro atoms. The molecule has 0 aromatic heterocycles. The van der Waals surface area contributed by atoms with Crippen LogP contribution in [0.2, 0.25) is 0 Å². The monoisotopic (exact) mass is 187 g/mol. The van der Waals surface area contributed by atoms with Crippen molar-refractivity contribution in [1.82, 2.24) is 9.81 Å². The van der Waals surface area contributed by atoms with E-state index in [0.717, 1.165) is 4.90 Å². The number of aliphatic hydroxyl groups excluding tert-OH is 1. The second-order valence-electron chi connectivity index (χ2n) is 2.87. The highest BCUT2D eigenvalue weighted by molar-refractivity contribution is 5.65. The van der Waals surface area contributed by atoms with E-state index in [9.17, 15) is 9.90 Å². The molecule has 0 aromatic carbocycles. The third-order valence-corrected chi connectivity index (χ3v) is 2.02. The molecule has 72 valence electrons. The quantitative estimate of drug-likeness (QED) is 0.385. The zero-order valence-corrected chi connectivity index (χ0v) is 6.92. The largest absolute Gasteiger partial charge is 0.465 e. The van der Waals surface area contributed by atoms with Gasteiger partial charge in [-0.15, -0.1) is 0 Å².